The number of aliphatic hydroxyl groups excluding tert-OH is 1. The second-order valence-corrected chi connectivity index (χ2v) is 4.96. The highest BCUT2D eigenvalue weighted by atomic mass is 16.5. The van der Waals surface area contributed by atoms with Crippen LogP contribution < -0.4 is 4.74 Å². The SMILES string of the molecule is C[C@@H](O)c1ccccc1OCCN1CCCCC1. The summed E-state index contributed by atoms with van der Waals surface area (Å²) in [5.74, 6) is 0.810. The van der Waals surface area contributed by atoms with Crippen molar-refractivity contribution in [1.82, 2.24) is 4.90 Å². The van der Waals surface area contributed by atoms with Gasteiger partial charge in [-0.3, -0.25) is 4.90 Å². The van der Waals surface area contributed by atoms with Gasteiger partial charge in [0.05, 0.1) is 6.10 Å². The van der Waals surface area contributed by atoms with Crippen LogP contribution in [0.3, 0.4) is 0 Å². The minimum Gasteiger partial charge on any atom is -0.492 e. The van der Waals surface area contributed by atoms with Gasteiger partial charge in [0, 0.05) is 12.1 Å². The van der Waals surface area contributed by atoms with Gasteiger partial charge in [-0.1, -0.05) is 24.6 Å². The van der Waals surface area contributed by atoms with Crippen molar-refractivity contribution in [1.29, 1.82) is 0 Å². The van der Waals surface area contributed by atoms with E-state index in [4.69, 9.17) is 4.74 Å². The summed E-state index contributed by atoms with van der Waals surface area (Å²) in [6.45, 7) is 5.84. The zero-order valence-electron chi connectivity index (χ0n) is 11.1. The first-order chi connectivity index (χ1) is 8.77. The maximum atomic E-state index is 9.66. The number of ether oxygens (including phenoxy) is 1. The maximum absolute atomic E-state index is 9.66. The van der Waals surface area contributed by atoms with E-state index in [1.165, 1.54) is 32.4 Å². The molecule has 18 heavy (non-hydrogen) atoms. The van der Waals surface area contributed by atoms with Crippen LogP contribution in [0, 0.1) is 0 Å². The normalized spacial score (nSPS) is 18.6. The van der Waals surface area contributed by atoms with Gasteiger partial charge < -0.3 is 9.84 Å². The highest BCUT2D eigenvalue weighted by molar-refractivity contribution is 5.34. The minimum absolute atomic E-state index is 0.476. The summed E-state index contributed by atoms with van der Waals surface area (Å²) in [5.41, 5.74) is 0.871. The average Bonchev–Trinajstić information content (AvgIpc) is 2.40. The molecule has 1 atom stereocenters. The highest BCUT2D eigenvalue weighted by Gasteiger charge is 2.11. The van der Waals surface area contributed by atoms with Crippen molar-refractivity contribution in [3.05, 3.63) is 29.8 Å². The van der Waals surface area contributed by atoms with E-state index in [1.807, 2.05) is 24.3 Å². The fourth-order valence-electron chi connectivity index (χ4n) is 2.42. The van der Waals surface area contributed by atoms with Crippen molar-refractivity contribution in [2.75, 3.05) is 26.2 Å². The van der Waals surface area contributed by atoms with Crippen molar-refractivity contribution in [2.24, 2.45) is 0 Å². The molecule has 3 heteroatoms. The Bertz CT molecular complexity index is 359. The van der Waals surface area contributed by atoms with Crippen molar-refractivity contribution >= 4 is 0 Å². The molecule has 0 bridgehead atoms. The molecule has 1 N–H and O–H groups in total. The monoisotopic (exact) mass is 249 g/mol. The van der Waals surface area contributed by atoms with E-state index < -0.39 is 6.10 Å². The standard InChI is InChI=1S/C15H23NO2/c1-13(17)14-7-3-4-8-15(14)18-12-11-16-9-5-2-6-10-16/h3-4,7-8,13,17H,2,5-6,9-12H2,1H3/t13-/m1/s1. The van der Waals surface area contributed by atoms with E-state index in [9.17, 15) is 5.11 Å². The summed E-state index contributed by atoms with van der Waals surface area (Å²) in [5, 5.41) is 9.66. The third kappa shape index (κ3) is 3.72. The Balaban J connectivity index is 1.82. The van der Waals surface area contributed by atoms with Crippen LogP contribution in [0.2, 0.25) is 0 Å². The Morgan fingerprint density at radius 3 is 2.67 bits per heavy atom. The molecule has 0 spiro atoms. The van der Waals surface area contributed by atoms with Crippen molar-refractivity contribution in [3.8, 4) is 5.75 Å². The highest BCUT2D eigenvalue weighted by Crippen LogP contribution is 2.24. The molecule has 1 heterocycles. The summed E-state index contributed by atoms with van der Waals surface area (Å²) in [6, 6.07) is 7.72. The molecule has 0 aliphatic carbocycles. The predicted octanol–water partition coefficient (Wildman–Crippen LogP) is 2.60. The number of para-hydroxylation sites is 1. The topological polar surface area (TPSA) is 32.7 Å². The molecule has 0 aromatic heterocycles. The molecular weight excluding hydrogens is 226 g/mol. The van der Waals surface area contributed by atoms with Gasteiger partial charge in [-0.05, 0) is 38.9 Å². The number of hydrogen-bond acceptors (Lipinski definition) is 3. The second kappa shape index (κ2) is 6.76. The van der Waals surface area contributed by atoms with Crippen LogP contribution in [0.1, 0.15) is 37.9 Å². The molecular formula is C15H23NO2. The average molecular weight is 249 g/mol. The minimum atomic E-state index is -0.476. The quantitative estimate of drug-likeness (QED) is 0.870. The first-order valence-electron chi connectivity index (χ1n) is 6.89. The fraction of sp³-hybridized carbons (Fsp3) is 0.600. The van der Waals surface area contributed by atoms with Gasteiger partial charge in [-0.15, -0.1) is 0 Å². The smallest absolute Gasteiger partial charge is 0.125 e. The summed E-state index contributed by atoms with van der Waals surface area (Å²) in [7, 11) is 0. The van der Waals surface area contributed by atoms with E-state index in [0.717, 1.165) is 17.9 Å². The van der Waals surface area contributed by atoms with Crippen LogP contribution in [0.5, 0.6) is 5.75 Å². The predicted molar refractivity (Wildman–Crippen MR) is 72.9 cm³/mol. The molecule has 1 aliphatic heterocycles. The third-order valence-electron chi connectivity index (χ3n) is 3.48. The molecule has 1 aromatic carbocycles. The summed E-state index contributed by atoms with van der Waals surface area (Å²) in [4.78, 5) is 2.45. The van der Waals surface area contributed by atoms with Crippen molar-refractivity contribution in [3.63, 3.8) is 0 Å². The number of likely N-dealkylation sites (tertiary alicyclic amines) is 1. The number of benzene rings is 1. The lowest BCUT2D eigenvalue weighted by Gasteiger charge is -2.26. The lowest BCUT2D eigenvalue weighted by atomic mass is 10.1. The van der Waals surface area contributed by atoms with Gasteiger partial charge in [-0.2, -0.15) is 0 Å². The van der Waals surface area contributed by atoms with Crippen LogP contribution in [0.4, 0.5) is 0 Å². The number of nitrogens with zero attached hydrogens (tertiary/aromatic N) is 1. The van der Waals surface area contributed by atoms with E-state index in [0.29, 0.717) is 6.61 Å². The van der Waals surface area contributed by atoms with E-state index in [2.05, 4.69) is 4.90 Å². The molecule has 1 aliphatic rings. The number of aliphatic hydroxyl groups is 1. The molecule has 2 rings (SSSR count). The van der Waals surface area contributed by atoms with Gasteiger partial charge >= 0.3 is 0 Å². The molecule has 1 saturated heterocycles. The van der Waals surface area contributed by atoms with Gasteiger partial charge in [0.15, 0.2) is 0 Å². The molecule has 1 aromatic rings. The summed E-state index contributed by atoms with van der Waals surface area (Å²) >= 11 is 0. The first kappa shape index (κ1) is 13.4. The van der Waals surface area contributed by atoms with E-state index in [1.54, 1.807) is 6.92 Å². The van der Waals surface area contributed by atoms with Gasteiger partial charge in [0.1, 0.15) is 12.4 Å². The molecule has 0 amide bonds. The van der Waals surface area contributed by atoms with Crippen molar-refractivity contribution in [2.45, 2.75) is 32.3 Å². The zero-order chi connectivity index (χ0) is 12.8. The Morgan fingerprint density at radius 2 is 1.94 bits per heavy atom. The third-order valence-corrected chi connectivity index (χ3v) is 3.48. The number of piperidine rings is 1. The summed E-state index contributed by atoms with van der Waals surface area (Å²) in [6.07, 6.45) is 3.51. The van der Waals surface area contributed by atoms with E-state index in [-0.39, 0.29) is 0 Å². The molecule has 100 valence electrons. The molecule has 1 fully saturated rings. The first-order valence-corrected chi connectivity index (χ1v) is 6.89. The fourth-order valence-corrected chi connectivity index (χ4v) is 2.42. The Morgan fingerprint density at radius 1 is 1.22 bits per heavy atom. The van der Waals surface area contributed by atoms with Crippen LogP contribution in [0.25, 0.3) is 0 Å². The van der Waals surface area contributed by atoms with Crippen LogP contribution >= 0.6 is 0 Å². The number of rotatable bonds is 5. The van der Waals surface area contributed by atoms with Gasteiger partial charge in [-0.25, -0.2) is 0 Å². The Labute approximate surface area is 109 Å². The lowest BCUT2D eigenvalue weighted by molar-refractivity contribution is 0.171. The van der Waals surface area contributed by atoms with Crippen LogP contribution in [-0.4, -0.2) is 36.2 Å². The molecule has 0 unspecified atom stereocenters. The van der Waals surface area contributed by atoms with Crippen molar-refractivity contribution < 1.29 is 9.84 Å². The zero-order valence-corrected chi connectivity index (χ0v) is 11.1. The molecule has 0 saturated carbocycles. The Kier molecular flexibility index (Phi) is 5.02. The van der Waals surface area contributed by atoms with Crippen LogP contribution in [0.15, 0.2) is 24.3 Å². The Hall–Kier alpha value is -1.06. The van der Waals surface area contributed by atoms with E-state index >= 15 is 0 Å². The van der Waals surface area contributed by atoms with Crippen LogP contribution in [-0.2, 0) is 0 Å². The van der Waals surface area contributed by atoms with Gasteiger partial charge in [0.2, 0.25) is 0 Å². The number of hydrogen-bond donors (Lipinski definition) is 1. The second-order valence-electron chi connectivity index (χ2n) is 4.96. The molecule has 0 radical (unpaired) electrons. The lowest BCUT2D eigenvalue weighted by Crippen LogP contribution is -2.33. The maximum Gasteiger partial charge on any atom is 0.125 e. The van der Waals surface area contributed by atoms with Gasteiger partial charge in [0.25, 0.3) is 0 Å². The molecule has 3 nitrogen and oxygen atoms in total. The largest absolute Gasteiger partial charge is 0.492 e. The summed E-state index contributed by atoms with van der Waals surface area (Å²) < 4.78 is 5.80.